The molecule has 18 heavy (non-hydrogen) atoms. The molecule has 0 saturated carbocycles. The van der Waals surface area contributed by atoms with Gasteiger partial charge in [0, 0.05) is 18.8 Å². The van der Waals surface area contributed by atoms with Crippen molar-refractivity contribution in [1.82, 2.24) is 14.3 Å². The van der Waals surface area contributed by atoms with Crippen LogP contribution in [0.15, 0.2) is 11.4 Å². The molecular weight excluding hydrogens is 272 g/mol. The van der Waals surface area contributed by atoms with Gasteiger partial charge in [0.1, 0.15) is 0 Å². The van der Waals surface area contributed by atoms with Crippen molar-refractivity contribution in [2.24, 2.45) is 7.05 Å². The molecule has 1 aliphatic heterocycles. The highest BCUT2D eigenvalue weighted by molar-refractivity contribution is 8.00. The van der Waals surface area contributed by atoms with E-state index in [1.165, 1.54) is 23.7 Å². The van der Waals surface area contributed by atoms with Gasteiger partial charge in [-0.2, -0.15) is 11.8 Å². The van der Waals surface area contributed by atoms with E-state index in [2.05, 4.69) is 9.71 Å². The Kier molecular flexibility index (Phi) is 4.18. The molecule has 2 heterocycles. The maximum atomic E-state index is 12.1. The van der Waals surface area contributed by atoms with E-state index in [0.717, 1.165) is 12.2 Å². The summed E-state index contributed by atoms with van der Waals surface area (Å²) in [6.07, 6.45) is 4.86. The minimum atomic E-state index is -3.57. The van der Waals surface area contributed by atoms with Crippen LogP contribution in [0.1, 0.15) is 19.3 Å². The fraction of sp³-hybridized carbons (Fsp3) is 0.700. The number of anilines is 1. The Balaban J connectivity index is 2.03. The zero-order chi connectivity index (χ0) is 13.2. The first kappa shape index (κ1) is 13.7. The zero-order valence-corrected chi connectivity index (χ0v) is 11.9. The molecule has 0 radical (unpaired) electrons. The number of nitrogens with two attached hydrogens (primary N) is 1. The van der Waals surface area contributed by atoms with E-state index >= 15 is 0 Å². The fourth-order valence-electron chi connectivity index (χ4n) is 2.00. The third kappa shape index (κ3) is 2.99. The first-order valence-corrected chi connectivity index (χ1v) is 8.42. The van der Waals surface area contributed by atoms with Crippen molar-refractivity contribution in [2.75, 3.05) is 18.0 Å². The average Bonchev–Trinajstić information content (AvgIpc) is 2.69. The Morgan fingerprint density at radius 1 is 1.61 bits per heavy atom. The molecule has 8 heteroatoms. The van der Waals surface area contributed by atoms with Crippen LogP contribution in [0, 0.1) is 0 Å². The van der Waals surface area contributed by atoms with E-state index < -0.39 is 10.0 Å². The molecule has 0 aliphatic carbocycles. The Morgan fingerprint density at radius 2 is 2.39 bits per heavy atom. The second kappa shape index (κ2) is 5.50. The van der Waals surface area contributed by atoms with Gasteiger partial charge in [-0.05, 0) is 18.6 Å². The maximum Gasteiger partial charge on any atom is 0.260 e. The molecule has 0 aromatic carbocycles. The van der Waals surface area contributed by atoms with Crippen LogP contribution in [-0.4, -0.2) is 35.5 Å². The normalized spacial score (nSPS) is 21.1. The second-order valence-electron chi connectivity index (χ2n) is 4.39. The number of nitrogen functional groups attached to an aromatic ring is 1. The standard InChI is InChI=1S/C10H18N4O2S2/c1-14-7-12-9(11)10(14)18(15,16)13-6-8-4-2-3-5-17-8/h7-8,13H,2-6,11H2,1H3. The maximum absolute atomic E-state index is 12.1. The van der Waals surface area contributed by atoms with Gasteiger partial charge in [0.25, 0.3) is 10.0 Å². The molecule has 1 unspecified atom stereocenters. The number of aromatic nitrogens is 2. The quantitative estimate of drug-likeness (QED) is 0.846. The summed E-state index contributed by atoms with van der Waals surface area (Å²) >= 11 is 1.83. The molecule has 6 nitrogen and oxygen atoms in total. The number of hydrogen-bond acceptors (Lipinski definition) is 5. The Bertz CT molecular complexity index is 486. The zero-order valence-electron chi connectivity index (χ0n) is 10.3. The summed E-state index contributed by atoms with van der Waals surface area (Å²) in [4.78, 5) is 3.79. The number of imidazole rings is 1. The van der Waals surface area contributed by atoms with Gasteiger partial charge in [0.15, 0.2) is 10.8 Å². The summed E-state index contributed by atoms with van der Waals surface area (Å²) in [6, 6.07) is 0. The largest absolute Gasteiger partial charge is 0.381 e. The summed E-state index contributed by atoms with van der Waals surface area (Å²) in [5.74, 6) is 1.15. The van der Waals surface area contributed by atoms with Crippen LogP contribution in [0.3, 0.4) is 0 Å². The lowest BCUT2D eigenvalue weighted by molar-refractivity contribution is 0.565. The van der Waals surface area contributed by atoms with Crippen molar-refractivity contribution in [2.45, 2.75) is 29.5 Å². The SMILES string of the molecule is Cn1cnc(N)c1S(=O)(=O)NCC1CCCCS1. The number of rotatable bonds is 4. The molecule has 1 aromatic heterocycles. The molecule has 2 rings (SSSR count). The Morgan fingerprint density at radius 3 is 2.94 bits per heavy atom. The van der Waals surface area contributed by atoms with Gasteiger partial charge in [-0.3, -0.25) is 0 Å². The summed E-state index contributed by atoms with van der Waals surface area (Å²) in [7, 11) is -1.95. The highest BCUT2D eigenvalue weighted by Gasteiger charge is 2.24. The molecule has 1 atom stereocenters. The predicted octanol–water partition coefficient (Wildman–Crippen LogP) is 0.566. The first-order valence-electron chi connectivity index (χ1n) is 5.89. The van der Waals surface area contributed by atoms with Crippen LogP contribution in [0.5, 0.6) is 0 Å². The van der Waals surface area contributed by atoms with Crippen molar-refractivity contribution in [3.63, 3.8) is 0 Å². The van der Waals surface area contributed by atoms with E-state index in [4.69, 9.17) is 5.73 Å². The Hall–Kier alpha value is -0.730. The average molecular weight is 290 g/mol. The lowest BCUT2D eigenvalue weighted by Crippen LogP contribution is -2.33. The van der Waals surface area contributed by atoms with Crippen LogP contribution in [-0.2, 0) is 17.1 Å². The molecular formula is C10H18N4O2S2. The molecule has 1 saturated heterocycles. The smallest absolute Gasteiger partial charge is 0.260 e. The van der Waals surface area contributed by atoms with Gasteiger partial charge < -0.3 is 10.3 Å². The minimum Gasteiger partial charge on any atom is -0.381 e. The number of nitrogens with one attached hydrogen (secondary N) is 1. The lowest BCUT2D eigenvalue weighted by Gasteiger charge is -2.21. The summed E-state index contributed by atoms with van der Waals surface area (Å²) in [5.41, 5.74) is 5.58. The molecule has 0 bridgehead atoms. The Labute approximate surface area is 111 Å². The van der Waals surface area contributed by atoms with E-state index in [1.807, 2.05) is 11.8 Å². The fourth-order valence-corrected chi connectivity index (χ4v) is 4.66. The van der Waals surface area contributed by atoms with E-state index in [1.54, 1.807) is 7.05 Å². The monoisotopic (exact) mass is 290 g/mol. The van der Waals surface area contributed by atoms with Gasteiger partial charge in [-0.25, -0.2) is 18.1 Å². The van der Waals surface area contributed by atoms with Gasteiger partial charge in [0.2, 0.25) is 0 Å². The third-order valence-electron chi connectivity index (χ3n) is 2.94. The summed E-state index contributed by atoms with van der Waals surface area (Å²) < 4.78 is 28.3. The minimum absolute atomic E-state index is 0.0429. The number of thioether (sulfide) groups is 1. The number of aryl methyl sites for hydroxylation is 1. The first-order chi connectivity index (χ1) is 8.50. The molecule has 0 spiro atoms. The van der Waals surface area contributed by atoms with Crippen molar-refractivity contribution < 1.29 is 8.42 Å². The topological polar surface area (TPSA) is 90.0 Å². The third-order valence-corrected chi connectivity index (χ3v) is 5.89. The molecule has 1 fully saturated rings. The van der Waals surface area contributed by atoms with E-state index in [0.29, 0.717) is 11.8 Å². The van der Waals surface area contributed by atoms with Crippen LogP contribution in [0.2, 0.25) is 0 Å². The van der Waals surface area contributed by atoms with E-state index in [9.17, 15) is 8.42 Å². The van der Waals surface area contributed by atoms with Crippen molar-refractivity contribution in [3.8, 4) is 0 Å². The molecule has 1 aliphatic rings. The number of nitrogens with zero attached hydrogens (tertiary/aromatic N) is 2. The predicted molar refractivity (Wildman–Crippen MR) is 72.9 cm³/mol. The van der Waals surface area contributed by atoms with Crippen LogP contribution in [0.4, 0.5) is 5.82 Å². The second-order valence-corrected chi connectivity index (χ2v) is 7.48. The van der Waals surface area contributed by atoms with Crippen LogP contribution < -0.4 is 10.5 Å². The van der Waals surface area contributed by atoms with Crippen LogP contribution in [0.25, 0.3) is 0 Å². The summed E-state index contributed by atoms with van der Waals surface area (Å²) in [6.45, 7) is 0.456. The van der Waals surface area contributed by atoms with Crippen molar-refractivity contribution in [1.29, 1.82) is 0 Å². The van der Waals surface area contributed by atoms with Gasteiger partial charge in [-0.1, -0.05) is 6.42 Å². The highest BCUT2D eigenvalue weighted by atomic mass is 32.2. The van der Waals surface area contributed by atoms with Gasteiger partial charge in [-0.15, -0.1) is 0 Å². The summed E-state index contributed by atoms with van der Waals surface area (Å²) in [5, 5.41) is 0.409. The van der Waals surface area contributed by atoms with Crippen LogP contribution >= 0.6 is 11.8 Å². The van der Waals surface area contributed by atoms with Gasteiger partial charge >= 0.3 is 0 Å². The molecule has 102 valence electrons. The molecule has 1 aromatic rings. The van der Waals surface area contributed by atoms with Gasteiger partial charge in [0.05, 0.1) is 6.33 Å². The molecule has 0 amide bonds. The number of hydrogen-bond donors (Lipinski definition) is 2. The highest BCUT2D eigenvalue weighted by Crippen LogP contribution is 2.25. The lowest BCUT2D eigenvalue weighted by atomic mass is 10.2. The number of sulfonamides is 1. The van der Waals surface area contributed by atoms with E-state index in [-0.39, 0.29) is 10.8 Å². The van der Waals surface area contributed by atoms with Crippen molar-refractivity contribution >= 4 is 27.6 Å². The molecule has 3 N–H and O–H groups in total. The van der Waals surface area contributed by atoms with Crippen molar-refractivity contribution in [3.05, 3.63) is 6.33 Å².